The van der Waals surface area contributed by atoms with Crippen LogP contribution in [0.1, 0.15) is 36.7 Å². The maximum Gasteiger partial charge on any atom is 0.270 e. The highest BCUT2D eigenvalue weighted by Crippen LogP contribution is 2.21. The van der Waals surface area contributed by atoms with E-state index in [0.717, 1.165) is 25.1 Å². The fraction of sp³-hybridized carbons (Fsp3) is 0.615. The first kappa shape index (κ1) is 15.1. The van der Waals surface area contributed by atoms with E-state index in [-0.39, 0.29) is 30.4 Å². The third kappa shape index (κ3) is 2.87. The lowest BCUT2D eigenvalue weighted by Crippen LogP contribution is -2.52. The van der Waals surface area contributed by atoms with Crippen LogP contribution >= 0.6 is 12.4 Å². The molecule has 1 fully saturated rings. The van der Waals surface area contributed by atoms with Crippen molar-refractivity contribution in [1.29, 1.82) is 0 Å². The van der Waals surface area contributed by atoms with E-state index in [1.165, 1.54) is 6.42 Å². The van der Waals surface area contributed by atoms with Crippen LogP contribution in [0, 0.1) is 0 Å². The molecular formula is C13H22ClN3O. The highest BCUT2D eigenvalue weighted by atomic mass is 35.5. The minimum absolute atomic E-state index is 0. The quantitative estimate of drug-likeness (QED) is 0.892. The van der Waals surface area contributed by atoms with Gasteiger partial charge in [-0.05, 0) is 38.3 Å². The van der Waals surface area contributed by atoms with E-state index in [2.05, 4.69) is 0 Å². The zero-order chi connectivity index (χ0) is 12.4. The Morgan fingerprint density at radius 1 is 1.50 bits per heavy atom. The molecular weight excluding hydrogens is 250 g/mol. The number of nitrogens with two attached hydrogens (primary N) is 1. The Bertz CT molecular complexity index is 403. The molecule has 0 spiro atoms. The second kappa shape index (κ2) is 6.25. The van der Waals surface area contributed by atoms with Crippen molar-refractivity contribution in [3.8, 4) is 0 Å². The number of likely N-dealkylation sites (tertiary alicyclic amines) is 1. The molecule has 0 radical (unpaired) electrons. The number of aromatic nitrogens is 1. The van der Waals surface area contributed by atoms with Crippen LogP contribution in [-0.4, -0.2) is 34.0 Å². The first-order valence-corrected chi connectivity index (χ1v) is 6.29. The molecule has 0 aliphatic carbocycles. The molecule has 1 aromatic heterocycles. The maximum absolute atomic E-state index is 12.4. The van der Waals surface area contributed by atoms with Crippen LogP contribution in [0.25, 0.3) is 0 Å². The lowest BCUT2D eigenvalue weighted by atomic mass is 9.96. The van der Waals surface area contributed by atoms with E-state index in [9.17, 15) is 4.79 Å². The molecule has 102 valence electrons. The van der Waals surface area contributed by atoms with Crippen molar-refractivity contribution < 1.29 is 4.79 Å². The molecule has 2 N–H and O–H groups in total. The monoisotopic (exact) mass is 271 g/mol. The van der Waals surface area contributed by atoms with Gasteiger partial charge < -0.3 is 15.2 Å². The van der Waals surface area contributed by atoms with Crippen molar-refractivity contribution in [3.63, 3.8) is 0 Å². The fourth-order valence-corrected chi connectivity index (χ4v) is 2.59. The third-order valence-electron chi connectivity index (χ3n) is 3.58. The molecule has 4 nitrogen and oxygen atoms in total. The summed E-state index contributed by atoms with van der Waals surface area (Å²) in [5.74, 6) is 0.111. The summed E-state index contributed by atoms with van der Waals surface area (Å²) in [4.78, 5) is 14.4. The molecule has 2 heterocycles. The predicted molar refractivity (Wildman–Crippen MR) is 75.0 cm³/mol. The van der Waals surface area contributed by atoms with Crippen LogP contribution in [0.5, 0.6) is 0 Å². The van der Waals surface area contributed by atoms with Gasteiger partial charge in [0, 0.05) is 31.9 Å². The van der Waals surface area contributed by atoms with Gasteiger partial charge >= 0.3 is 0 Å². The Labute approximate surface area is 115 Å². The van der Waals surface area contributed by atoms with E-state index < -0.39 is 0 Å². The van der Waals surface area contributed by atoms with Crippen molar-refractivity contribution in [3.05, 3.63) is 24.0 Å². The summed E-state index contributed by atoms with van der Waals surface area (Å²) in [6.45, 7) is 2.82. The number of nitrogens with zero attached hydrogens (tertiary/aromatic N) is 2. The normalized spacial score (nSPS) is 21.3. The van der Waals surface area contributed by atoms with Gasteiger partial charge in [0.25, 0.3) is 5.91 Å². The lowest BCUT2D eigenvalue weighted by Gasteiger charge is -2.38. The number of hydrogen-bond acceptors (Lipinski definition) is 2. The van der Waals surface area contributed by atoms with Crippen molar-refractivity contribution in [2.75, 3.05) is 6.54 Å². The second-order valence-electron chi connectivity index (χ2n) is 4.93. The van der Waals surface area contributed by atoms with Crippen molar-refractivity contribution in [2.45, 2.75) is 38.3 Å². The first-order valence-electron chi connectivity index (χ1n) is 6.29. The van der Waals surface area contributed by atoms with Gasteiger partial charge in [-0.3, -0.25) is 4.79 Å². The zero-order valence-electron chi connectivity index (χ0n) is 11.0. The summed E-state index contributed by atoms with van der Waals surface area (Å²) >= 11 is 0. The van der Waals surface area contributed by atoms with Gasteiger partial charge in [0.2, 0.25) is 0 Å². The van der Waals surface area contributed by atoms with E-state index in [1.54, 1.807) is 0 Å². The molecule has 0 saturated carbocycles. The molecule has 1 aliphatic heterocycles. The number of halogens is 1. The van der Waals surface area contributed by atoms with Gasteiger partial charge in [0.1, 0.15) is 5.69 Å². The predicted octanol–water partition coefficient (Wildman–Crippen LogP) is 1.79. The minimum atomic E-state index is 0. The van der Waals surface area contributed by atoms with Crippen LogP contribution in [0.15, 0.2) is 18.3 Å². The summed E-state index contributed by atoms with van der Waals surface area (Å²) in [7, 11) is 1.90. The van der Waals surface area contributed by atoms with Crippen LogP contribution in [-0.2, 0) is 7.05 Å². The molecule has 1 saturated heterocycles. The number of piperidine rings is 1. The number of carbonyl (C=O) groups excluding carboxylic acids is 1. The smallest absolute Gasteiger partial charge is 0.270 e. The summed E-state index contributed by atoms with van der Waals surface area (Å²) in [5, 5.41) is 0. The van der Waals surface area contributed by atoms with Gasteiger partial charge in [0.15, 0.2) is 0 Å². The SMILES string of the molecule is CC(N)C1CCCCN1C(=O)c1cccn1C.Cl. The summed E-state index contributed by atoms with van der Waals surface area (Å²) in [6, 6.07) is 4.00. The number of amides is 1. The molecule has 0 bridgehead atoms. The fourth-order valence-electron chi connectivity index (χ4n) is 2.59. The van der Waals surface area contributed by atoms with Crippen molar-refractivity contribution in [1.82, 2.24) is 9.47 Å². The third-order valence-corrected chi connectivity index (χ3v) is 3.58. The molecule has 2 unspecified atom stereocenters. The molecule has 1 amide bonds. The second-order valence-corrected chi connectivity index (χ2v) is 4.93. The Morgan fingerprint density at radius 2 is 2.22 bits per heavy atom. The average Bonchev–Trinajstić information content (AvgIpc) is 2.74. The number of aryl methyl sites for hydroxylation is 1. The van der Waals surface area contributed by atoms with E-state index in [4.69, 9.17) is 5.73 Å². The van der Waals surface area contributed by atoms with Crippen LogP contribution in [0.4, 0.5) is 0 Å². The van der Waals surface area contributed by atoms with Crippen molar-refractivity contribution in [2.24, 2.45) is 12.8 Å². The first-order chi connectivity index (χ1) is 8.11. The molecule has 5 heteroatoms. The van der Waals surface area contributed by atoms with Gasteiger partial charge in [-0.2, -0.15) is 0 Å². The zero-order valence-corrected chi connectivity index (χ0v) is 11.8. The topological polar surface area (TPSA) is 51.3 Å². The van der Waals surface area contributed by atoms with E-state index >= 15 is 0 Å². The van der Waals surface area contributed by atoms with Crippen LogP contribution in [0.2, 0.25) is 0 Å². The van der Waals surface area contributed by atoms with Crippen LogP contribution < -0.4 is 5.73 Å². The summed E-state index contributed by atoms with van der Waals surface area (Å²) < 4.78 is 1.87. The Hall–Kier alpha value is -1.00. The molecule has 2 atom stereocenters. The Balaban J connectivity index is 0.00000162. The number of hydrogen-bond donors (Lipinski definition) is 1. The Kier molecular flexibility index (Phi) is 5.23. The van der Waals surface area contributed by atoms with Crippen molar-refractivity contribution >= 4 is 18.3 Å². The highest BCUT2D eigenvalue weighted by Gasteiger charge is 2.30. The molecule has 1 aromatic rings. The molecule has 2 rings (SSSR count). The van der Waals surface area contributed by atoms with Crippen LogP contribution in [0.3, 0.4) is 0 Å². The van der Waals surface area contributed by atoms with Gasteiger partial charge in [-0.25, -0.2) is 0 Å². The largest absolute Gasteiger partial charge is 0.347 e. The highest BCUT2D eigenvalue weighted by molar-refractivity contribution is 5.93. The Morgan fingerprint density at radius 3 is 2.78 bits per heavy atom. The van der Waals surface area contributed by atoms with E-state index in [0.29, 0.717) is 0 Å². The lowest BCUT2D eigenvalue weighted by molar-refractivity contribution is 0.0574. The van der Waals surface area contributed by atoms with Gasteiger partial charge in [0.05, 0.1) is 0 Å². The van der Waals surface area contributed by atoms with Gasteiger partial charge in [-0.1, -0.05) is 0 Å². The summed E-state index contributed by atoms with van der Waals surface area (Å²) in [5.41, 5.74) is 6.73. The number of carbonyl (C=O) groups is 1. The molecule has 1 aliphatic rings. The maximum atomic E-state index is 12.4. The molecule has 0 aromatic carbocycles. The number of rotatable bonds is 2. The van der Waals surface area contributed by atoms with E-state index in [1.807, 2.05) is 41.8 Å². The minimum Gasteiger partial charge on any atom is -0.347 e. The average molecular weight is 272 g/mol. The molecule has 18 heavy (non-hydrogen) atoms. The van der Waals surface area contributed by atoms with Gasteiger partial charge in [-0.15, -0.1) is 12.4 Å². The standard InChI is InChI=1S/C13H21N3O.ClH/c1-10(14)11-6-3-4-9-16(11)13(17)12-7-5-8-15(12)2;/h5,7-8,10-11H,3-4,6,9,14H2,1-2H3;1H. The summed E-state index contributed by atoms with van der Waals surface area (Å²) in [6.07, 6.45) is 5.17.